The van der Waals surface area contributed by atoms with Crippen molar-refractivity contribution in [3.63, 3.8) is 0 Å². The van der Waals surface area contributed by atoms with E-state index in [-0.39, 0.29) is 11.8 Å². The van der Waals surface area contributed by atoms with Gasteiger partial charge in [-0.25, -0.2) is 0 Å². The molecule has 0 unspecified atom stereocenters. The standard InChI is InChI=1S/C22H21N3O2/c23-19-12-6-4-10-17(19)22(27)25-20-13-7-5-11-18(20)21(26)24-15-14-16-8-2-1-3-9-16/h1-13H,14-15,23H2,(H,24,26)(H,25,27). The monoisotopic (exact) mass is 359 g/mol. The molecule has 3 rings (SSSR count). The summed E-state index contributed by atoms with van der Waals surface area (Å²) in [6.07, 6.45) is 0.738. The third kappa shape index (κ3) is 4.73. The highest BCUT2D eigenvalue weighted by molar-refractivity contribution is 6.11. The van der Waals surface area contributed by atoms with Crippen molar-refractivity contribution in [3.05, 3.63) is 95.6 Å². The summed E-state index contributed by atoms with van der Waals surface area (Å²) in [7, 11) is 0. The van der Waals surface area contributed by atoms with Gasteiger partial charge in [-0.2, -0.15) is 0 Å². The molecule has 3 aromatic carbocycles. The summed E-state index contributed by atoms with van der Waals surface area (Å²) < 4.78 is 0. The van der Waals surface area contributed by atoms with E-state index in [1.54, 1.807) is 48.5 Å². The van der Waals surface area contributed by atoms with Gasteiger partial charge >= 0.3 is 0 Å². The lowest BCUT2D eigenvalue weighted by atomic mass is 10.1. The molecule has 0 radical (unpaired) electrons. The van der Waals surface area contributed by atoms with E-state index in [1.807, 2.05) is 30.3 Å². The van der Waals surface area contributed by atoms with Crippen LogP contribution in [0.15, 0.2) is 78.9 Å². The third-order valence-electron chi connectivity index (χ3n) is 4.17. The summed E-state index contributed by atoms with van der Waals surface area (Å²) in [5.74, 6) is -0.583. The van der Waals surface area contributed by atoms with Gasteiger partial charge in [-0.1, -0.05) is 54.6 Å². The minimum atomic E-state index is -0.349. The van der Waals surface area contributed by atoms with E-state index < -0.39 is 0 Å². The molecule has 0 aliphatic heterocycles. The zero-order valence-electron chi connectivity index (χ0n) is 14.8. The predicted molar refractivity (Wildman–Crippen MR) is 108 cm³/mol. The minimum Gasteiger partial charge on any atom is -0.398 e. The van der Waals surface area contributed by atoms with E-state index >= 15 is 0 Å². The Hall–Kier alpha value is -3.60. The Morgan fingerprint density at radius 2 is 1.37 bits per heavy atom. The van der Waals surface area contributed by atoms with Crippen LogP contribution in [-0.2, 0) is 6.42 Å². The smallest absolute Gasteiger partial charge is 0.257 e. The first-order valence-corrected chi connectivity index (χ1v) is 8.72. The Balaban J connectivity index is 1.67. The lowest BCUT2D eigenvalue weighted by Gasteiger charge is -2.12. The van der Waals surface area contributed by atoms with Crippen LogP contribution >= 0.6 is 0 Å². The molecule has 0 bridgehead atoms. The fourth-order valence-corrected chi connectivity index (χ4v) is 2.74. The summed E-state index contributed by atoms with van der Waals surface area (Å²) in [6, 6.07) is 23.7. The number of nitrogens with one attached hydrogen (secondary N) is 2. The van der Waals surface area contributed by atoms with Gasteiger partial charge in [-0.3, -0.25) is 9.59 Å². The Labute approximate surface area is 158 Å². The summed E-state index contributed by atoms with van der Waals surface area (Å²) in [6.45, 7) is 0.511. The molecular weight excluding hydrogens is 338 g/mol. The van der Waals surface area contributed by atoms with Crippen molar-refractivity contribution < 1.29 is 9.59 Å². The predicted octanol–water partition coefficient (Wildman–Crippen LogP) is 3.49. The van der Waals surface area contributed by atoms with Crippen molar-refractivity contribution in [2.24, 2.45) is 0 Å². The van der Waals surface area contributed by atoms with E-state index in [9.17, 15) is 9.59 Å². The molecule has 0 aliphatic carbocycles. The van der Waals surface area contributed by atoms with Gasteiger partial charge in [0, 0.05) is 12.2 Å². The van der Waals surface area contributed by atoms with Crippen LogP contribution in [0.1, 0.15) is 26.3 Å². The number of nitrogen functional groups attached to an aromatic ring is 1. The zero-order chi connectivity index (χ0) is 19.1. The Morgan fingerprint density at radius 1 is 0.741 bits per heavy atom. The lowest BCUT2D eigenvalue weighted by Crippen LogP contribution is -2.27. The number of carbonyl (C=O) groups is 2. The number of nitrogens with two attached hydrogens (primary N) is 1. The number of anilines is 2. The van der Waals surface area contributed by atoms with E-state index in [4.69, 9.17) is 5.73 Å². The molecule has 27 heavy (non-hydrogen) atoms. The van der Waals surface area contributed by atoms with Crippen molar-refractivity contribution in [1.82, 2.24) is 5.32 Å². The maximum Gasteiger partial charge on any atom is 0.257 e. The maximum absolute atomic E-state index is 12.6. The molecule has 0 saturated carbocycles. The van der Waals surface area contributed by atoms with Crippen LogP contribution in [0.2, 0.25) is 0 Å². The molecule has 0 atom stereocenters. The maximum atomic E-state index is 12.6. The first-order chi connectivity index (χ1) is 13.1. The topological polar surface area (TPSA) is 84.2 Å². The molecule has 0 heterocycles. The molecule has 0 fully saturated rings. The van der Waals surface area contributed by atoms with Crippen molar-refractivity contribution >= 4 is 23.2 Å². The number of amides is 2. The van der Waals surface area contributed by atoms with Gasteiger partial charge < -0.3 is 16.4 Å². The SMILES string of the molecule is Nc1ccccc1C(=O)Nc1ccccc1C(=O)NCCc1ccccc1. The van der Waals surface area contributed by atoms with Gasteiger partial charge in [0.2, 0.25) is 0 Å². The molecule has 0 spiro atoms. The normalized spacial score (nSPS) is 10.2. The lowest BCUT2D eigenvalue weighted by molar-refractivity contribution is 0.0955. The molecule has 0 saturated heterocycles. The minimum absolute atomic E-state index is 0.233. The quantitative estimate of drug-likeness (QED) is 0.589. The van der Waals surface area contributed by atoms with E-state index in [1.165, 1.54) is 0 Å². The molecule has 0 aromatic heterocycles. The van der Waals surface area contributed by atoms with Crippen LogP contribution in [0.25, 0.3) is 0 Å². The van der Waals surface area contributed by atoms with Crippen molar-refractivity contribution in [2.75, 3.05) is 17.6 Å². The Kier molecular flexibility index (Phi) is 5.84. The van der Waals surface area contributed by atoms with Crippen LogP contribution in [0.5, 0.6) is 0 Å². The van der Waals surface area contributed by atoms with Crippen LogP contribution < -0.4 is 16.4 Å². The fraction of sp³-hybridized carbons (Fsp3) is 0.0909. The first-order valence-electron chi connectivity index (χ1n) is 8.72. The molecule has 136 valence electrons. The van der Waals surface area contributed by atoms with Crippen molar-refractivity contribution in [2.45, 2.75) is 6.42 Å². The fourth-order valence-electron chi connectivity index (χ4n) is 2.74. The second kappa shape index (κ2) is 8.67. The highest BCUT2D eigenvalue weighted by atomic mass is 16.2. The number of rotatable bonds is 6. The van der Waals surface area contributed by atoms with Crippen LogP contribution in [0.3, 0.4) is 0 Å². The van der Waals surface area contributed by atoms with Gasteiger partial charge in [0.1, 0.15) is 0 Å². The van der Waals surface area contributed by atoms with E-state index in [0.717, 1.165) is 12.0 Å². The highest BCUT2D eigenvalue weighted by Gasteiger charge is 2.15. The van der Waals surface area contributed by atoms with E-state index in [0.29, 0.717) is 29.0 Å². The highest BCUT2D eigenvalue weighted by Crippen LogP contribution is 2.18. The van der Waals surface area contributed by atoms with Gasteiger partial charge in [-0.15, -0.1) is 0 Å². The molecule has 0 aliphatic rings. The second-order valence-corrected chi connectivity index (χ2v) is 6.08. The molecule has 2 amide bonds. The first kappa shape index (κ1) is 18.2. The molecule has 4 N–H and O–H groups in total. The number of para-hydroxylation sites is 2. The second-order valence-electron chi connectivity index (χ2n) is 6.08. The summed E-state index contributed by atoms with van der Waals surface area (Å²) in [5.41, 5.74) is 8.62. The Morgan fingerprint density at radius 3 is 2.11 bits per heavy atom. The van der Waals surface area contributed by atoms with Crippen LogP contribution in [0, 0.1) is 0 Å². The zero-order valence-corrected chi connectivity index (χ0v) is 14.8. The number of hydrogen-bond acceptors (Lipinski definition) is 3. The van der Waals surface area contributed by atoms with Gasteiger partial charge in [0.05, 0.1) is 16.8 Å². The van der Waals surface area contributed by atoms with E-state index in [2.05, 4.69) is 10.6 Å². The molecular formula is C22H21N3O2. The van der Waals surface area contributed by atoms with Crippen molar-refractivity contribution in [1.29, 1.82) is 0 Å². The van der Waals surface area contributed by atoms with Crippen LogP contribution in [0.4, 0.5) is 11.4 Å². The Bertz CT molecular complexity index is 939. The third-order valence-corrected chi connectivity index (χ3v) is 4.17. The number of carbonyl (C=O) groups excluding carboxylic acids is 2. The molecule has 5 heteroatoms. The van der Waals surface area contributed by atoms with Gasteiger partial charge in [-0.05, 0) is 36.2 Å². The summed E-state index contributed by atoms with van der Waals surface area (Å²) in [5, 5.41) is 5.67. The summed E-state index contributed by atoms with van der Waals surface area (Å²) in [4.78, 5) is 25.0. The average Bonchev–Trinajstić information content (AvgIpc) is 2.69. The van der Waals surface area contributed by atoms with Gasteiger partial charge in [0.25, 0.3) is 11.8 Å². The van der Waals surface area contributed by atoms with Gasteiger partial charge in [0.15, 0.2) is 0 Å². The molecule has 5 nitrogen and oxygen atoms in total. The molecule has 3 aromatic rings. The largest absolute Gasteiger partial charge is 0.398 e. The average molecular weight is 359 g/mol. The van der Waals surface area contributed by atoms with Crippen LogP contribution in [-0.4, -0.2) is 18.4 Å². The van der Waals surface area contributed by atoms with Crippen molar-refractivity contribution in [3.8, 4) is 0 Å². The number of benzene rings is 3. The summed E-state index contributed by atoms with van der Waals surface area (Å²) >= 11 is 0. The number of hydrogen-bond donors (Lipinski definition) is 3.